The number of nitrogens with one attached hydrogen (secondary N) is 1. The molecule has 0 fully saturated rings. The molecule has 0 saturated heterocycles. The van der Waals surface area contributed by atoms with Gasteiger partial charge in [0, 0.05) is 0 Å². The lowest BCUT2D eigenvalue weighted by molar-refractivity contribution is -0.120. The zero-order valence-corrected chi connectivity index (χ0v) is 7.71. The van der Waals surface area contributed by atoms with E-state index in [1.807, 2.05) is 14.0 Å². The van der Waals surface area contributed by atoms with Crippen molar-refractivity contribution in [3.63, 3.8) is 0 Å². The molecule has 1 amide bonds. The van der Waals surface area contributed by atoms with Gasteiger partial charge in [0.05, 0.1) is 12.5 Å². The minimum Gasteiger partial charge on any atom is -0.392 e. The van der Waals surface area contributed by atoms with Crippen molar-refractivity contribution < 1.29 is 9.90 Å². The van der Waals surface area contributed by atoms with Crippen LogP contribution in [0.4, 0.5) is 0 Å². The molecular weight excluding hydrogens is 156 g/mol. The second-order valence-electron chi connectivity index (χ2n) is 3.11. The highest BCUT2D eigenvalue weighted by Gasteiger charge is 2.15. The summed E-state index contributed by atoms with van der Waals surface area (Å²) in [6.07, 6.45) is 0.311. The SMILES string of the molecule is CNCC[C@@H](C)[C@@H](O)CC(N)=O. The molecule has 2 atom stereocenters. The van der Waals surface area contributed by atoms with E-state index in [4.69, 9.17) is 5.73 Å². The minimum atomic E-state index is -0.601. The fraction of sp³-hybridized carbons (Fsp3) is 0.875. The van der Waals surface area contributed by atoms with Gasteiger partial charge in [-0.1, -0.05) is 6.92 Å². The van der Waals surface area contributed by atoms with Gasteiger partial charge in [0.1, 0.15) is 0 Å². The standard InChI is InChI=1S/C8H18N2O2/c1-6(3-4-10-2)7(11)5-8(9)12/h6-7,10-11H,3-5H2,1-2H3,(H2,9,12)/t6-,7+/m1/s1. The molecule has 4 heteroatoms. The average Bonchev–Trinajstić information content (AvgIpc) is 1.98. The Balaban J connectivity index is 3.60. The topological polar surface area (TPSA) is 75.3 Å². The van der Waals surface area contributed by atoms with E-state index in [1.165, 1.54) is 0 Å². The zero-order valence-electron chi connectivity index (χ0n) is 7.71. The molecule has 0 aliphatic rings. The van der Waals surface area contributed by atoms with Crippen LogP contribution in [0, 0.1) is 5.92 Å². The highest BCUT2D eigenvalue weighted by Crippen LogP contribution is 2.09. The van der Waals surface area contributed by atoms with Crippen molar-refractivity contribution in [1.29, 1.82) is 0 Å². The Labute approximate surface area is 73.1 Å². The van der Waals surface area contributed by atoms with Crippen molar-refractivity contribution in [2.24, 2.45) is 11.7 Å². The van der Waals surface area contributed by atoms with Crippen molar-refractivity contribution in [2.75, 3.05) is 13.6 Å². The Bertz CT molecular complexity index is 139. The van der Waals surface area contributed by atoms with Crippen LogP contribution in [0.5, 0.6) is 0 Å². The molecule has 0 aromatic heterocycles. The molecule has 12 heavy (non-hydrogen) atoms. The number of carbonyl (C=O) groups is 1. The summed E-state index contributed by atoms with van der Waals surface area (Å²) < 4.78 is 0. The summed E-state index contributed by atoms with van der Waals surface area (Å²) in [5.74, 6) is -0.330. The highest BCUT2D eigenvalue weighted by atomic mass is 16.3. The smallest absolute Gasteiger partial charge is 0.220 e. The lowest BCUT2D eigenvalue weighted by atomic mass is 9.98. The highest BCUT2D eigenvalue weighted by molar-refractivity contribution is 5.74. The van der Waals surface area contributed by atoms with Crippen LogP contribution in [0.3, 0.4) is 0 Å². The molecule has 0 rings (SSSR count). The molecule has 0 aromatic carbocycles. The largest absolute Gasteiger partial charge is 0.392 e. The first-order valence-electron chi connectivity index (χ1n) is 4.19. The van der Waals surface area contributed by atoms with Crippen molar-refractivity contribution in [2.45, 2.75) is 25.9 Å². The van der Waals surface area contributed by atoms with Gasteiger partial charge < -0.3 is 16.2 Å². The third-order valence-corrected chi connectivity index (χ3v) is 1.92. The van der Waals surface area contributed by atoms with Gasteiger partial charge in [0.25, 0.3) is 0 Å². The Morgan fingerprint density at radius 3 is 2.67 bits per heavy atom. The molecular formula is C8H18N2O2. The second kappa shape index (κ2) is 5.97. The van der Waals surface area contributed by atoms with Crippen LogP contribution in [0.25, 0.3) is 0 Å². The molecule has 0 saturated carbocycles. The fourth-order valence-electron chi connectivity index (χ4n) is 0.972. The molecule has 72 valence electrons. The van der Waals surface area contributed by atoms with Crippen LogP contribution < -0.4 is 11.1 Å². The zero-order chi connectivity index (χ0) is 9.56. The molecule has 0 spiro atoms. The van der Waals surface area contributed by atoms with Crippen LogP contribution in [-0.4, -0.2) is 30.7 Å². The fourth-order valence-corrected chi connectivity index (χ4v) is 0.972. The summed E-state index contributed by atoms with van der Waals surface area (Å²) >= 11 is 0. The van der Waals surface area contributed by atoms with E-state index >= 15 is 0 Å². The Kier molecular flexibility index (Phi) is 5.66. The van der Waals surface area contributed by atoms with E-state index < -0.39 is 12.0 Å². The Morgan fingerprint density at radius 1 is 1.67 bits per heavy atom. The lowest BCUT2D eigenvalue weighted by Gasteiger charge is -2.16. The average molecular weight is 174 g/mol. The van der Waals surface area contributed by atoms with E-state index in [0.717, 1.165) is 13.0 Å². The van der Waals surface area contributed by atoms with Crippen LogP contribution in [-0.2, 0) is 4.79 Å². The number of amides is 1. The number of aliphatic hydroxyl groups is 1. The van der Waals surface area contributed by atoms with E-state index in [9.17, 15) is 9.90 Å². The molecule has 0 aliphatic heterocycles. The van der Waals surface area contributed by atoms with E-state index in [0.29, 0.717) is 0 Å². The van der Waals surface area contributed by atoms with Crippen LogP contribution in [0.15, 0.2) is 0 Å². The monoisotopic (exact) mass is 174 g/mol. The minimum absolute atomic E-state index is 0.0604. The summed E-state index contributed by atoms with van der Waals surface area (Å²) in [5.41, 5.74) is 4.95. The summed E-state index contributed by atoms with van der Waals surface area (Å²) in [7, 11) is 1.85. The third-order valence-electron chi connectivity index (χ3n) is 1.92. The van der Waals surface area contributed by atoms with Gasteiger partial charge in [-0.05, 0) is 25.9 Å². The van der Waals surface area contributed by atoms with Gasteiger partial charge in [0.2, 0.25) is 5.91 Å². The lowest BCUT2D eigenvalue weighted by Crippen LogP contribution is -2.27. The predicted molar refractivity (Wildman–Crippen MR) is 47.5 cm³/mol. The van der Waals surface area contributed by atoms with Gasteiger partial charge >= 0.3 is 0 Å². The normalized spacial score (nSPS) is 15.6. The van der Waals surface area contributed by atoms with Crippen molar-refractivity contribution in [1.82, 2.24) is 5.32 Å². The molecule has 4 nitrogen and oxygen atoms in total. The summed E-state index contributed by atoms with van der Waals surface area (Å²) in [6, 6.07) is 0. The summed E-state index contributed by atoms with van der Waals surface area (Å²) in [6.45, 7) is 2.75. The van der Waals surface area contributed by atoms with E-state index in [1.54, 1.807) is 0 Å². The first-order chi connectivity index (χ1) is 5.57. The van der Waals surface area contributed by atoms with Gasteiger partial charge in [-0.25, -0.2) is 0 Å². The molecule has 4 N–H and O–H groups in total. The first-order valence-corrected chi connectivity index (χ1v) is 4.19. The predicted octanol–water partition coefficient (Wildman–Crippen LogP) is -0.532. The van der Waals surface area contributed by atoms with Gasteiger partial charge in [-0.2, -0.15) is 0 Å². The van der Waals surface area contributed by atoms with Crippen LogP contribution in [0.1, 0.15) is 19.8 Å². The summed E-state index contributed by atoms with van der Waals surface area (Å²) in [5, 5.41) is 12.4. The maximum absolute atomic E-state index is 10.4. The van der Waals surface area contributed by atoms with Gasteiger partial charge in [0.15, 0.2) is 0 Å². The summed E-state index contributed by atoms with van der Waals surface area (Å²) in [4.78, 5) is 10.4. The van der Waals surface area contributed by atoms with Crippen LogP contribution >= 0.6 is 0 Å². The molecule has 0 radical (unpaired) electrons. The Morgan fingerprint density at radius 2 is 2.25 bits per heavy atom. The maximum Gasteiger partial charge on any atom is 0.220 e. The molecule has 0 heterocycles. The molecule has 0 unspecified atom stereocenters. The van der Waals surface area contributed by atoms with E-state index in [2.05, 4.69) is 5.32 Å². The third kappa shape index (κ3) is 5.09. The maximum atomic E-state index is 10.4. The van der Waals surface area contributed by atoms with Gasteiger partial charge in [-0.3, -0.25) is 4.79 Å². The number of primary amides is 1. The molecule has 0 aromatic rings. The number of rotatable bonds is 6. The van der Waals surface area contributed by atoms with Crippen molar-refractivity contribution in [3.8, 4) is 0 Å². The van der Waals surface area contributed by atoms with Crippen molar-refractivity contribution in [3.05, 3.63) is 0 Å². The molecule has 0 bridgehead atoms. The Hall–Kier alpha value is -0.610. The van der Waals surface area contributed by atoms with E-state index in [-0.39, 0.29) is 12.3 Å². The number of aliphatic hydroxyl groups excluding tert-OH is 1. The number of hydrogen-bond acceptors (Lipinski definition) is 3. The van der Waals surface area contributed by atoms with Crippen molar-refractivity contribution >= 4 is 5.91 Å². The van der Waals surface area contributed by atoms with Crippen LogP contribution in [0.2, 0.25) is 0 Å². The number of nitrogens with two attached hydrogens (primary N) is 1. The number of carbonyl (C=O) groups excluding carboxylic acids is 1. The quantitative estimate of drug-likeness (QED) is 0.506. The number of hydrogen-bond donors (Lipinski definition) is 3. The second-order valence-corrected chi connectivity index (χ2v) is 3.11. The first kappa shape index (κ1) is 11.4. The molecule has 0 aliphatic carbocycles. The van der Waals surface area contributed by atoms with Gasteiger partial charge in [-0.15, -0.1) is 0 Å².